The summed E-state index contributed by atoms with van der Waals surface area (Å²) in [5, 5.41) is 0. The number of likely N-dealkylation sites (tertiary alicyclic amines) is 1. The molecular weight excluding hydrogens is 452 g/mol. The van der Waals surface area contributed by atoms with Crippen LogP contribution in [0.15, 0.2) is 46.8 Å². The van der Waals surface area contributed by atoms with E-state index < -0.39 is 0 Å². The molecule has 3 heterocycles. The molecule has 0 radical (unpaired) electrons. The summed E-state index contributed by atoms with van der Waals surface area (Å²) in [6.07, 6.45) is 10.2. The monoisotopic (exact) mass is 488 g/mol. The first-order valence-electron chi connectivity index (χ1n) is 13.1. The number of anilines is 1. The number of ether oxygens (including phenoxy) is 1. The number of unbranched alkanes of at least 4 members (excludes halogenated alkanes) is 1. The number of fused-ring (bicyclic) bond motifs is 1. The Morgan fingerprint density at radius 3 is 2.78 bits per heavy atom. The summed E-state index contributed by atoms with van der Waals surface area (Å²) in [6, 6.07) is 8.64. The van der Waals surface area contributed by atoms with Gasteiger partial charge in [0.1, 0.15) is 5.52 Å². The molecular formula is C28H36N6O2. The number of nitrogens with one attached hydrogen (secondary N) is 1. The normalized spacial score (nSPS) is 18.4. The maximum Gasteiger partial charge on any atom is 0.328 e. The summed E-state index contributed by atoms with van der Waals surface area (Å²) < 4.78 is 7.27. The van der Waals surface area contributed by atoms with Crippen LogP contribution in [0.5, 0.6) is 6.01 Å². The van der Waals surface area contributed by atoms with Crippen LogP contribution in [0, 0.1) is 5.92 Å². The van der Waals surface area contributed by atoms with Gasteiger partial charge in [0.05, 0.1) is 13.2 Å². The van der Waals surface area contributed by atoms with Gasteiger partial charge in [-0.25, -0.2) is 4.79 Å². The molecule has 2 aromatic heterocycles. The molecule has 8 heteroatoms. The Morgan fingerprint density at radius 2 is 2.00 bits per heavy atom. The number of hydrogen-bond acceptors (Lipinski definition) is 6. The Hall–Kier alpha value is -3.39. The summed E-state index contributed by atoms with van der Waals surface area (Å²) in [5.41, 5.74) is 11.8. The summed E-state index contributed by atoms with van der Waals surface area (Å²) >= 11 is 0. The molecule has 1 aromatic carbocycles. The molecule has 36 heavy (non-hydrogen) atoms. The van der Waals surface area contributed by atoms with Crippen molar-refractivity contribution in [2.75, 3.05) is 32.0 Å². The molecule has 0 saturated carbocycles. The number of nitrogens with two attached hydrogens (primary N) is 1. The second-order valence-corrected chi connectivity index (χ2v) is 10.0. The third kappa shape index (κ3) is 5.23. The van der Waals surface area contributed by atoms with Crippen LogP contribution in [0.3, 0.4) is 0 Å². The quantitative estimate of drug-likeness (QED) is 0.434. The number of nitrogens with zero attached hydrogens (tertiary/aromatic N) is 4. The Morgan fingerprint density at radius 1 is 1.17 bits per heavy atom. The molecule has 0 bridgehead atoms. The van der Waals surface area contributed by atoms with Crippen molar-refractivity contribution in [1.82, 2.24) is 24.4 Å². The molecule has 2 aliphatic rings. The fourth-order valence-electron chi connectivity index (χ4n) is 5.25. The third-order valence-corrected chi connectivity index (χ3v) is 7.18. The van der Waals surface area contributed by atoms with Crippen molar-refractivity contribution in [1.29, 1.82) is 0 Å². The van der Waals surface area contributed by atoms with Gasteiger partial charge in [0.15, 0.2) is 11.5 Å². The van der Waals surface area contributed by atoms with Crippen molar-refractivity contribution >= 4 is 22.6 Å². The van der Waals surface area contributed by atoms with Gasteiger partial charge in [0.2, 0.25) is 0 Å². The molecule has 190 valence electrons. The molecule has 0 amide bonds. The van der Waals surface area contributed by atoms with Crippen LogP contribution in [-0.2, 0) is 6.54 Å². The van der Waals surface area contributed by atoms with Crippen LogP contribution in [-0.4, -0.2) is 50.7 Å². The van der Waals surface area contributed by atoms with Crippen molar-refractivity contribution in [3.8, 4) is 6.01 Å². The lowest BCUT2D eigenvalue weighted by atomic mass is 9.84. The number of rotatable bonds is 9. The Balaban J connectivity index is 1.38. The van der Waals surface area contributed by atoms with E-state index in [1.54, 1.807) is 4.57 Å². The number of allylic oxidation sites excluding steroid dienone is 3. The van der Waals surface area contributed by atoms with E-state index in [-0.39, 0.29) is 17.5 Å². The highest BCUT2D eigenvalue weighted by Crippen LogP contribution is 2.33. The molecule has 3 aromatic rings. The minimum Gasteiger partial charge on any atom is -0.463 e. The largest absolute Gasteiger partial charge is 0.463 e. The van der Waals surface area contributed by atoms with Gasteiger partial charge < -0.3 is 15.5 Å². The second-order valence-electron chi connectivity index (χ2n) is 10.0. The van der Waals surface area contributed by atoms with Gasteiger partial charge in [-0.05, 0) is 67.5 Å². The standard InChI is InChI=1S/C28H36N6O2/c1-3-4-14-36-27-31-25(29)24-26(32-27)34(28(35)30-24)18-20-8-7-9-22(16-20)23-11-10-21(15-19(23)2)17-33-12-5-6-13-33/h7-11,16,19H,3-6,12-15,17-18H2,1-2H3,(H,30,35)(H2,29,31,32). The third-order valence-electron chi connectivity index (χ3n) is 7.18. The molecule has 1 fully saturated rings. The lowest BCUT2D eigenvalue weighted by molar-refractivity contribution is 0.286. The van der Waals surface area contributed by atoms with E-state index in [1.807, 2.05) is 6.07 Å². The van der Waals surface area contributed by atoms with Gasteiger partial charge in [-0.2, -0.15) is 9.97 Å². The van der Waals surface area contributed by atoms with Crippen molar-refractivity contribution in [2.45, 2.75) is 52.5 Å². The first kappa shape index (κ1) is 24.3. The van der Waals surface area contributed by atoms with Crippen LogP contribution in [0.4, 0.5) is 5.82 Å². The average molecular weight is 489 g/mol. The molecule has 1 saturated heterocycles. The molecule has 1 unspecified atom stereocenters. The molecule has 5 rings (SSSR count). The topological polar surface area (TPSA) is 102 Å². The van der Waals surface area contributed by atoms with E-state index in [4.69, 9.17) is 10.5 Å². The van der Waals surface area contributed by atoms with E-state index in [1.165, 1.54) is 42.6 Å². The zero-order valence-corrected chi connectivity index (χ0v) is 21.3. The number of aromatic amines is 1. The van der Waals surface area contributed by atoms with Crippen LogP contribution >= 0.6 is 0 Å². The van der Waals surface area contributed by atoms with Gasteiger partial charge in [-0.15, -0.1) is 0 Å². The first-order valence-corrected chi connectivity index (χ1v) is 13.1. The number of imidazole rings is 1. The zero-order chi connectivity index (χ0) is 25.1. The Bertz CT molecular complexity index is 1350. The van der Waals surface area contributed by atoms with E-state index in [2.05, 4.69) is 64.1 Å². The fraction of sp³-hybridized carbons (Fsp3) is 0.464. The predicted molar refractivity (Wildman–Crippen MR) is 144 cm³/mol. The maximum atomic E-state index is 12.8. The maximum absolute atomic E-state index is 12.8. The summed E-state index contributed by atoms with van der Waals surface area (Å²) in [6.45, 7) is 8.83. The number of H-pyrrole nitrogens is 1. The summed E-state index contributed by atoms with van der Waals surface area (Å²) in [7, 11) is 0. The average Bonchev–Trinajstić information content (AvgIpc) is 3.48. The summed E-state index contributed by atoms with van der Waals surface area (Å²) in [5.74, 6) is 0.669. The highest BCUT2D eigenvalue weighted by atomic mass is 16.5. The Kier molecular flexibility index (Phi) is 7.23. The molecule has 1 atom stereocenters. The zero-order valence-electron chi connectivity index (χ0n) is 21.3. The number of aromatic nitrogens is 4. The lowest BCUT2D eigenvalue weighted by Gasteiger charge is -2.25. The highest BCUT2D eigenvalue weighted by molar-refractivity contribution is 5.82. The molecule has 8 nitrogen and oxygen atoms in total. The van der Waals surface area contributed by atoms with Crippen LogP contribution in [0.25, 0.3) is 16.7 Å². The SMILES string of the molecule is CCCCOc1nc(N)c2[nH]c(=O)n(Cc3cccc(C4=CC=C(CN5CCCC5)CC4C)c3)c2n1. The van der Waals surface area contributed by atoms with E-state index in [9.17, 15) is 4.79 Å². The van der Waals surface area contributed by atoms with E-state index in [0.717, 1.165) is 31.4 Å². The van der Waals surface area contributed by atoms with Crippen LogP contribution in [0.2, 0.25) is 0 Å². The van der Waals surface area contributed by atoms with Crippen molar-refractivity contribution in [3.05, 3.63) is 63.6 Å². The number of hydrogen-bond donors (Lipinski definition) is 2. The highest BCUT2D eigenvalue weighted by Gasteiger charge is 2.20. The Labute approximate surface area is 211 Å². The molecule has 1 aliphatic carbocycles. The van der Waals surface area contributed by atoms with Crippen molar-refractivity contribution in [3.63, 3.8) is 0 Å². The van der Waals surface area contributed by atoms with Gasteiger partial charge in [-0.3, -0.25) is 9.47 Å². The van der Waals surface area contributed by atoms with E-state index in [0.29, 0.717) is 30.2 Å². The predicted octanol–water partition coefficient (Wildman–Crippen LogP) is 4.37. The molecule has 0 spiro atoms. The fourth-order valence-corrected chi connectivity index (χ4v) is 5.25. The molecule has 1 aliphatic heterocycles. The first-order chi connectivity index (χ1) is 17.5. The number of nitrogen functional groups attached to an aromatic ring is 1. The number of benzene rings is 1. The summed E-state index contributed by atoms with van der Waals surface area (Å²) in [4.78, 5) is 26.9. The van der Waals surface area contributed by atoms with Gasteiger partial charge >= 0.3 is 11.7 Å². The molecule has 3 N–H and O–H groups in total. The minimum atomic E-state index is -0.262. The van der Waals surface area contributed by atoms with Crippen molar-refractivity contribution in [2.24, 2.45) is 5.92 Å². The van der Waals surface area contributed by atoms with Crippen molar-refractivity contribution < 1.29 is 4.74 Å². The second kappa shape index (κ2) is 10.7. The lowest BCUT2D eigenvalue weighted by Crippen LogP contribution is -2.23. The van der Waals surface area contributed by atoms with Gasteiger partial charge in [0.25, 0.3) is 0 Å². The van der Waals surface area contributed by atoms with E-state index >= 15 is 0 Å². The van der Waals surface area contributed by atoms with Gasteiger partial charge in [-0.1, -0.05) is 56.2 Å². The van der Waals surface area contributed by atoms with Crippen LogP contribution < -0.4 is 16.2 Å². The minimum absolute atomic E-state index is 0.202. The van der Waals surface area contributed by atoms with Gasteiger partial charge in [0, 0.05) is 6.54 Å². The smallest absolute Gasteiger partial charge is 0.328 e. The van der Waals surface area contributed by atoms with Crippen LogP contribution in [0.1, 0.15) is 57.1 Å².